The minimum atomic E-state index is 0.916. The maximum absolute atomic E-state index is 5.39. The van der Waals surface area contributed by atoms with Crippen molar-refractivity contribution >= 4 is 6.08 Å². The van der Waals surface area contributed by atoms with Gasteiger partial charge in [0, 0.05) is 24.0 Å². The molecule has 0 fully saturated rings. The molecule has 2 heteroatoms. The highest BCUT2D eigenvalue weighted by atomic mass is 16.5. The third-order valence-corrected chi connectivity index (χ3v) is 2.98. The molecule has 1 aromatic rings. The fourth-order valence-corrected chi connectivity index (χ4v) is 2.17. The Morgan fingerprint density at radius 2 is 2.19 bits per heavy atom. The van der Waals surface area contributed by atoms with Crippen molar-refractivity contribution in [2.45, 2.75) is 6.54 Å². The second kappa shape index (κ2) is 3.56. The summed E-state index contributed by atoms with van der Waals surface area (Å²) in [6.07, 6.45) is 10.5. The lowest BCUT2D eigenvalue weighted by atomic mass is 9.99. The molecule has 2 heterocycles. The van der Waals surface area contributed by atoms with E-state index in [9.17, 15) is 0 Å². The lowest BCUT2D eigenvalue weighted by Gasteiger charge is -2.29. The normalized spacial score (nSPS) is 16.6. The van der Waals surface area contributed by atoms with E-state index in [1.165, 1.54) is 16.8 Å². The average Bonchev–Trinajstić information content (AvgIpc) is 2.35. The van der Waals surface area contributed by atoms with Gasteiger partial charge in [-0.2, -0.15) is 0 Å². The number of hydrogen-bond acceptors (Lipinski definition) is 2. The van der Waals surface area contributed by atoms with Crippen LogP contribution in [0.1, 0.15) is 11.1 Å². The zero-order chi connectivity index (χ0) is 11.0. The Morgan fingerprint density at radius 1 is 1.25 bits per heavy atom. The number of nitrogens with zero attached hydrogens (tertiary/aromatic N) is 1. The zero-order valence-electron chi connectivity index (χ0n) is 9.18. The molecule has 80 valence electrons. The van der Waals surface area contributed by atoms with Gasteiger partial charge in [0.15, 0.2) is 0 Å². The molecule has 0 amide bonds. The van der Waals surface area contributed by atoms with Crippen molar-refractivity contribution in [3.05, 3.63) is 59.5 Å². The summed E-state index contributed by atoms with van der Waals surface area (Å²) in [6.45, 7) is 0.916. The summed E-state index contributed by atoms with van der Waals surface area (Å²) >= 11 is 0. The number of fused-ring (bicyclic) bond motifs is 2. The molecular weight excluding hydrogens is 198 g/mol. The van der Waals surface area contributed by atoms with E-state index in [1.807, 2.05) is 12.1 Å². The number of hydrogen-bond donors (Lipinski definition) is 0. The van der Waals surface area contributed by atoms with Gasteiger partial charge in [0.25, 0.3) is 0 Å². The highest BCUT2D eigenvalue weighted by Gasteiger charge is 2.18. The highest BCUT2D eigenvalue weighted by Crippen LogP contribution is 2.32. The molecule has 3 rings (SSSR count). The predicted molar refractivity (Wildman–Crippen MR) is 64.8 cm³/mol. The van der Waals surface area contributed by atoms with Crippen LogP contribution >= 0.6 is 0 Å². The third kappa shape index (κ3) is 1.34. The summed E-state index contributed by atoms with van der Waals surface area (Å²) in [5, 5.41) is 0. The molecule has 2 aliphatic heterocycles. The Kier molecular flexibility index (Phi) is 2.07. The van der Waals surface area contributed by atoms with Gasteiger partial charge in [-0.25, -0.2) is 0 Å². The SMILES string of the molecule is COc1cccc2c1C=C1C=CC=CN1C2. The van der Waals surface area contributed by atoms with Crippen LogP contribution in [0.3, 0.4) is 0 Å². The van der Waals surface area contributed by atoms with Gasteiger partial charge in [-0.05, 0) is 29.9 Å². The molecule has 0 aromatic heterocycles. The average molecular weight is 211 g/mol. The second-order valence-electron chi connectivity index (χ2n) is 3.93. The van der Waals surface area contributed by atoms with Crippen LogP contribution in [0.5, 0.6) is 5.75 Å². The van der Waals surface area contributed by atoms with E-state index < -0.39 is 0 Å². The number of ether oxygens (including phenoxy) is 1. The summed E-state index contributed by atoms with van der Waals surface area (Å²) in [5.41, 5.74) is 3.73. The molecule has 0 radical (unpaired) electrons. The summed E-state index contributed by atoms with van der Waals surface area (Å²) in [6, 6.07) is 6.20. The topological polar surface area (TPSA) is 12.5 Å². The second-order valence-corrected chi connectivity index (χ2v) is 3.93. The highest BCUT2D eigenvalue weighted by molar-refractivity contribution is 5.67. The van der Waals surface area contributed by atoms with E-state index in [-0.39, 0.29) is 0 Å². The van der Waals surface area contributed by atoms with Crippen molar-refractivity contribution < 1.29 is 4.74 Å². The molecular formula is C14H13NO. The molecule has 16 heavy (non-hydrogen) atoms. The molecule has 0 saturated heterocycles. The number of methoxy groups -OCH3 is 1. The van der Waals surface area contributed by atoms with Crippen molar-refractivity contribution in [2.75, 3.05) is 7.11 Å². The van der Waals surface area contributed by atoms with Crippen LogP contribution in [0.15, 0.2) is 48.3 Å². The minimum Gasteiger partial charge on any atom is -0.496 e. The van der Waals surface area contributed by atoms with Gasteiger partial charge in [-0.1, -0.05) is 18.2 Å². The number of rotatable bonds is 1. The summed E-state index contributed by atoms with van der Waals surface area (Å²) in [5.74, 6) is 0.951. The standard InChI is InChI=1S/C14H13NO/c1-16-14-7-4-5-11-10-15-8-3-2-6-12(15)9-13(11)14/h2-9H,10H2,1H3. The summed E-state index contributed by atoms with van der Waals surface area (Å²) in [4.78, 5) is 2.24. The maximum atomic E-state index is 5.39. The Balaban J connectivity index is 2.14. The fourth-order valence-electron chi connectivity index (χ4n) is 2.17. The monoisotopic (exact) mass is 211 g/mol. The van der Waals surface area contributed by atoms with Crippen molar-refractivity contribution in [3.63, 3.8) is 0 Å². The lowest BCUT2D eigenvalue weighted by molar-refractivity contribution is 0.408. The molecule has 2 nitrogen and oxygen atoms in total. The number of benzene rings is 1. The molecule has 0 atom stereocenters. The maximum Gasteiger partial charge on any atom is 0.126 e. The van der Waals surface area contributed by atoms with Crippen LogP contribution in [-0.2, 0) is 6.54 Å². The number of allylic oxidation sites excluding steroid dienone is 3. The van der Waals surface area contributed by atoms with Gasteiger partial charge in [0.05, 0.1) is 7.11 Å². The Labute approximate surface area is 95.1 Å². The first kappa shape index (κ1) is 9.28. The van der Waals surface area contributed by atoms with Gasteiger partial charge < -0.3 is 9.64 Å². The first-order valence-electron chi connectivity index (χ1n) is 5.37. The Morgan fingerprint density at radius 3 is 3.06 bits per heavy atom. The molecule has 0 saturated carbocycles. The summed E-state index contributed by atoms with van der Waals surface area (Å²) in [7, 11) is 1.72. The molecule has 1 aromatic carbocycles. The Hall–Kier alpha value is -1.96. The quantitative estimate of drug-likeness (QED) is 0.708. The van der Waals surface area contributed by atoms with Crippen molar-refractivity contribution in [2.24, 2.45) is 0 Å². The first-order chi connectivity index (χ1) is 7.88. The van der Waals surface area contributed by atoms with E-state index in [2.05, 4.69) is 41.5 Å². The lowest BCUT2D eigenvalue weighted by Crippen LogP contribution is -2.20. The first-order valence-corrected chi connectivity index (χ1v) is 5.37. The molecule has 0 unspecified atom stereocenters. The Bertz CT molecular complexity index is 511. The largest absolute Gasteiger partial charge is 0.496 e. The van der Waals surface area contributed by atoms with Crippen molar-refractivity contribution in [1.29, 1.82) is 0 Å². The molecule has 0 spiro atoms. The van der Waals surface area contributed by atoms with Gasteiger partial charge >= 0.3 is 0 Å². The van der Waals surface area contributed by atoms with E-state index in [1.54, 1.807) is 7.11 Å². The molecule has 0 aliphatic carbocycles. The van der Waals surface area contributed by atoms with Crippen LogP contribution in [0.2, 0.25) is 0 Å². The van der Waals surface area contributed by atoms with E-state index in [0.717, 1.165) is 12.3 Å². The minimum absolute atomic E-state index is 0.916. The van der Waals surface area contributed by atoms with Gasteiger partial charge in [-0.3, -0.25) is 0 Å². The van der Waals surface area contributed by atoms with Crippen LogP contribution in [0.4, 0.5) is 0 Å². The van der Waals surface area contributed by atoms with E-state index in [0.29, 0.717) is 0 Å². The molecule has 0 N–H and O–H groups in total. The summed E-state index contributed by atoms with van der Waals surface area (Å²) < 4.78 is 5.39. The van der Waals surface area contributed by atoms with Crippen molar-refractivity contribution in [1.82, 2.24) is 4.90 Å². The van der Waals surface area contributed by atoms with Crippen LogP contribution in [-0.4, -0.2) is 12.0 Å². The van der Waals surface area contributed by atoms with Gasteiger partial charge in [0.2, 0.25) is 0 Å². The smallest absolute Gasteiger partial charge is 0.126 e. The van der Waals surface area contributed by atoms with Gasteiger partial charge in [-0.15, -0.1) is 0 Å². The van der Waals surface area contributed by atoms with Crippen LogP contribution < -0.4 is 4.74 Å². The zero-order valence-corrected chi connectivity index (χ0v) is 9.18. The van der Waals surface area contributed by atoms with E-state index in [4.69, 9.17) is 4.74 Å². The van der Waals surface area contributed by atoms with Gasteiger partial charge in [0.1, 0.15) is 5.75 Å². The predicted octanol–water partition coefficient (Wildman–Crippen LogP) is 2.94. The molecule has 0 bridgehead atoms. The van der Waals surface area contributed by atoms with E-state index >= 15 is 0 Å². The van der Waals surface area contributed by atoms with Crippen molar-refractivity contribution in [3.8, 4) is 5.75 Å². The van der Waals surface area contributed by atoms with Crippen LogP contribution in [0, 0.1) is 0 Å². The van der Waals surface area contributed by atoms with Crippen LogP contribution in [0.25, 0.3) is 6.08 Å². The third-order valence-electron chi connectivity index (χ3n) is 2.98. The molecule has 2 aliphatic rings. The fraction of sp³-hybridized carbons (Fsp3) is 0.143.